The Kier molecular flexibility index (Phi) is 13.3. The molecule has 5 unspecified atom stereocenters. The van der Waals surface area contributed by atoms with Crippen molar-refractivity contribution in [2.75, 3.05) is 0 Å². The van der Waals surface area contributed by atoms with Crippen LogP contribution in [0.4, 0.5) is 0 Å². The van der Waals surface area contributed by atoms with Crippen LogP contribution in [0.3, 0.4) is 0 Å². The second-order valence-electron chi connectivity index (χ2n) is 11.0. The second kappa shape index (κ2) is 14.5. The lowest BCUT2D eigenvalue weighted by Crippen LogP contribution is -2.24. The van der Waals surface area contributed by atoms with Crippen LogP contribution < -0.4 is 0 Å². The summed E-state index contributed by atoms with van der Waals surface area (Å²) in [4.78, 5) is 12.4. The molecule has 0 aliphatic heterocycles. The first kappa shape index (κ1) is 30.2. The lowest BCUT2D eigenvalue weighted by Gasteiger charge is -2.26. The van der Waals surface area contributed by atoms with Crippen LogP contribution in [0.15, 0.2) is 33.8 Å². The molecule has 0 bridgehead atoms. The van der Waals surface area contributed by atoms with Crippen LogP contribution in [0.1, 0.15) is 113 Å². The van der Waals surface area contributed by atoms with Crippen LogP contribution in [0.25, 0.3) is 0 Å². The summed E-state index contributed by atoms with van der Waals surface area (Å²) in [5.41, 5.74) is 3.16. The van der Waals surface area contributed by atoms with E-state index in [2.05, 4.69) is 33.8 Å². The third kappa shape index (κ3) is 11.4. The SMILES string of the molecule is CC(=O)C(C)CCCC(C)(O)CCC/C(C)=C/CCC(C)CCC1=CC(O)C(C)C(C)=C1S. The molecule has 2 N–H and O–H groups in total. The number of hydrogen-bond donors (Lipinski definition) is 3. The minimum Gasteiger partial charge on any atom is -0.390 e. The number of aliphatic hydroxyl groups excluding tert-OH is 1. The van der Waals surface area contributed by atoms with E-state index in [-0.39, 0.29) is 23.7 Å². The molecule has 0 fully saturated rings. The van der Waals surface area contributed by atoms with Gasteiger partial charge in [0.2, 0.25) is 0 Å². The van der Waals surface area contributed by atoms with Gasteiger partial charge in [0, 0.05) is 16.7 Å². The lowest BCUT2D eigenvalue weighted by atomic mass is 9.85. The predicted octanol–water partition coefficient (Wildman–Crippen LogP) is 7.59. The Morgan fingerprint density at radius 1 is 1.18 bits per heavy atom. The van der Waals surface area contributed by atoms with Gasteiger partial charge >= 0.3 is 0 Å². The molecule has 1 aliphatic carbocycles. The van der Waals surface area contributed by atoms with Crippen LogP contribution in [-0.4, -0.2) is 27.7 Å². The number of thiol groups is 1. The first-order valence-electron chi connectivity index (χ1n) is 13.0. The Bertz CT molecular complexity index is 716. The molecule has 4 heteroatoms. The van der Waals surface area contributed by atoms with Crippen molar-refractivity contribution < 1.29 is 15.0 Å². The van der Waals surface area contributed by atoms with Crippen LogP contribution in [0, 0.1) is 17.8 Å². The summed E-state index contributed by atoms with van der Waals surface area (Å²) in [6, 6.07) is 0. The predicted molar refractivity (Wildman–Crippen MR) is 144 cm³/mol. The van der Waals surface area contributed by atoms with Crippen molar-refractivity contribution in [2.24, 2.45) is 17.8 Å². The van der Waals surface area contributed by atoms with Gasteiger partial charge < -0.3 is 10.2 Å². The van der Waals surface area contributed by atoms with E-state index < -0.39 is 5.60 Å². The number of hydrogen-bond acceptors (Lipinski definition) is 4. The van der Waals surface area contributed by atoms with Crippen LogP contribution in [-0.2, 0) is 4.79 Å². The summed E-state index contributed by atoms with van der Waals surface area (Å²) in [5.74, 6) is 1.13. The molecular formula is C29H50O3S. The molecule has 0 saturated heterocycles. The molecule has 33 heavy (non-hydrogen) atoms. The van der Waals surface area contributed by atoms with Crippen molar-refractivity contribution in [2.45, 2.75) is 124 Å². The lowest BCUT2D eigenvalue weighted by molar-refractivity contribution is -0.120. The van der Waals surface area contributed by atoms with Crippen molar-refractivity contribution >= 4 is 18.4 Å². The molecule has 0 radical (unpaired) electrons. The van der Waals surface area contributed by atoms with Crippen LogP contribution >= 0.6 is 12.6 Å². The number of carbonyl (C=O) groups excluding carboxylic acids is 1. The van der Waals surface area contributed by atoms with Gasteiger partial charge in [0.25, 0.3) is 0 Å². The van der Waals surface area contributed by atoms with E-state index in [4.69, 9.17) is 12.6 Å². The molecule has 0 saturated carbocycles. The minimum atomic E-state index is -0.636. The molecule has 5 atom stereocenters. The number of allylic oxidation sites excluding steroid dienone is 3. The zero-order chi connectivity index (χ0) is 25.2. The van der Waals surface area contributed by atoms with E-state index in [0.29, 0.717) is 5.92 Å². The molecule has 0 spiro atoms. The Balaban J connectivity index is 2.28. The monoisotopic (exact) mass is 478 g/mol. The molecule has 0 amide bonds. The van der Waals surface area contributed by atoms with E-state index in [1.165, 1.54) is 23.1 Å². The van der Waals surface area contributed by atoms with Gasteiger partial charge in [-0.15, -0.1) is 12.6 Å². The minimum absolute atomic E-state index is 0.101. The summed E-state index contributed by atoms with van der Waals surface area (Å²) in [5, 5.41) is 20.9. The number of carbonyl (C=O) groups is 1. The molecule has 3 nitrogen and oxygen atoms in total. The van der Waals surface area contributed by atoms with Gasteiger partial charge in [0.1, 0.15) is 5.78 Å². The normalized spacial score (nSPS) is 23.2. The maximum atomic E-state index is 11.3. The number of aliphatic hydroxyl groups is 2. The van der Waals surface area contributed by atoms with Crippen molar-refractivity contribution in [1.29, 1.82) is 0 Å². The molecule has 1 aliphatic rings. The molecule has 0 heterocycles. The number of ketones is 1. The first-order chi connectivity index (χ1) is 15.3. The van der Waals surface area contributed by atoms with Crippen LogP contribution in [0.2, 0.25) is 0 Å². The average molecular weight is 479 g/mol. The Labute approximate surface area is 209 Å². The summed E-state index contributed by atoms with van der Waals surface area (Å²) in [6.07, 6.45) is 13.7. The van der Waals surface area contributed by atoms with E-state index in [9.17, 15) is 15.0 Å². The topological polar surface area (TPSA) is 57.5 Å². The van der Waals surface area contributed by atoms with Gasteiger partial charge in [-0.2, -0.15) is 0 Å². The molecule has 0 aromatic rings. The average Bonchev–Trinajstić information content (AvgIpc) is 2.73. The third-order valence-corrected chi connectivity index (χ3v) is 8.28. The van der Waals surface area contributed by atoms with Gasteiger partial charge in [-0.25, -0.2) is 0 Å². The Morgan fingerprint density at radius 3 is 2.45 bits per heavy atom. The fraction of sp³-hybridized carbons (Fsp3) is 0.759. The van der Waals surface area contributed by atoms with E-state index >= 15 is 0 Å². The maximum Gasteiger partial charge on any atom is 0.132 e. The van der Waals surface area contributed by atoms with Gasteiger partial charge in [-0.3, -0.25) is 4.79 Å². The number of rotatable bonds is 15. The molecular weight excluding hydrogens is 428 g/mol. The van der Waals surface area contributed by atoms with Gasteiger partial charge in [-0.1, -0.05) is 44.1 Å². The fourth-order valence-corrected chi connectivity index (χ4v) is 4.87. The standard InChI is InChI=1S/C29H50O3S/c1-20(13-9-17-29(7,32)18-10-14-22(3)25(6)30)11-8-12-21(2)15-16-26-19-27(31)23(4)24(5)28(26)33/h11,19,21-23,27,31-33H,8-10,12-18H2,1-7H3/b20-11+. The molecule has 190 valence electrons. The number of Topliss-reactive ketones (excluding diaryl/α,β-unsaturated/α-hetero) is 1. The highest BCUT2D eigenvalue weighted by Gasteiger charge is 2.23. The van der Waals surface area contributed by atoms with Crippen LogP contribution in [0.5, 0.6) is 0 Å². The second-order valence-corrected chi connectivity index (χ2v) is 11.5. The molecule has 0 aromatic carbocycles. The van der Waals surface area contributed by atoms with Gasteiger partial charge in [0.05, 0.1) is 11.7 Å². The highest BCUT2D eigenvalue weighted by Crippen LogP contribution is 2.35. The Morgan fingerprint density at radius 2 is 1.82 bits per heavy atom. The van der Waals surface area contributed by atoms with E-state index in [1.807, 2.05) is 19.9 Å². The smallest absolute Gasteiger partial charge is 0.132 e. The summed E-state index contributed by atoms with van der Waals surface area (Å²) >= 11 is 4.70. The highest BCUT2D eigenvalue weighted by molar-refractivity contribution is 7.84. The first-order valence-corrected chi connectivity index (χ1v) is 13.5. The molecule has 1 rings (SSSR count). The van der Waals surface area contributed by atoms with Gasteiger partial charge in [0.15, 0.2) is 0 Å². The van der Waals surface area contributed by atoms with Crippen molar-refractivity contribution in [3.05, 3.63) is 33.8 Å². The zero-order valence-electron chi connectivity index (χ0n) is 22.3. The quantitative estimate of drug-likeness (QED) is 0.168. The third-order valence-electron chi connectivity index (χ3n) is 7.64. The van der Waals surface area contributed by atoms with Crippen molar-refractivity contribution in [3.63, 3.8) is 0 Å². The molecule has 0 aromatic heterocycles. The van der Waals surface area contributed by atoms with Gasteiger partial charge in [-0.05, 0) is 103 Å². The zero-order valence-corrected chi connectivity index (χ0v) is 23.2. The van der Waals surface area contributed by atoms with Crippen molar-refractivity contribution in [1.82, 2.24) is 0 Å². The summed E-state index contributed by atoms with van der Waals surface area (Å²) in [6.45, 7) is 14.2. The summed E-state index contributed by atoms with van der Waals surface area (Å²) < 4.78 is 0. The largest absolute Gasteiger partial charge is 0.390 e. The Hall–Kier alpha value is -0.840. The van der Waals surface area contributed by atoms with E-state index in [0.717, 1.165) is 62.7 Å². The highest BCUT2D eigenvalue weighted by atomic mass is 32.1. The van der Waals surface area contributed by atoms with Crippen molar-refractivity contribution in [3.8, 4) is 0 Å². The van der Waals surface area contributed by atoms with E-state index in [1.54, 1.807) is 6.92 Å². The maximum absolute atomic E-state index is 11.3. The fourth-order valence-electron chi connectivity index (χ4n) is 4.48. The summed E-state index contributed by atoms with van der Waals surface area (Å²) in [7, 11) is 0.